The van der Waals surface area contributed by atoms with Gasteiger partial charge in [-0.25, -0.2) is 0 Å². The van der Waals surface area contributed by atoms with Crippen LogP contribution >= 0.6 is 11.3 Å². The first kappa shape index (κ1) is 13.1. The third-order valence-electron chi connectivity index (χ3n) is 3.93. The second-order valence-corrected chi connectivity index (χ2v) is 6.09. The maximum Gasteiger partial charge on any atom is 0.0874 e. The Morgan fingerprint density at radius 3 is 2.65 bits per heavy atom. The molecule has 1 aromatic heterocycles. The van der Waals surface area contributed by atoms with Gasteiger partial charge in [0, 0.05) is 11.5 Å². The van der Waals surface area contributed by atoms with Crippen molar-refractivity contribution in [1.29, 1.82) is 0 Å². The number of nitrogens with two attached hydrogens (primary N) is 1. The highest BCUT2D eigenvalue weighted by Gasteiger charge is 2.40. The minimum atomic E-state index is -0.112. The molecule has 2 rings (SSSR count). The van der Waals surface area contributed by atoms with Gasteiger partial charge in [0.2, 0.25) is 0 Å². The first-order chi connectivity index (χ1) is 8.19. The topological polar surface area (TPSA) is 35.2 Å². The molecular weight excluding hydrogens is 230 g/mol. The van der Waals surface area contributed by atoms with Crippen molar-refractivity contribution in [3.05, 3.63) is 21.9 Å². The van der Waals surface area contributed by atoms with Crippen LogP contribution in [0.3, 0.4) is 0 Å². The lowest BCUT2D eigenvalue weighted by Gasteiger charge is -2.41. The van der Waals surface area contributed by atoms with Gasteiger partial charge in [-0.3, -0.25) is 0 Å². The third kappa shape index (κ3) is 2.56. The fourth-order valence-electron chi connectivity index (χ4n) is 2.98. The normalized spacial score (nSPS) is 21.4. The Morgan fingerprint density at radius 1 is 1.41 bits per heavy atom. The van der Waals surface area contributed by atoms with Crippen molar-refractivity contribution in [1.82, 2.24) is 0 Å². The summed E-state index contributed by atoms with van der Waals surface area (Å²) in [5.41, 5.74) is 7.69. The van der Waals surface area contributed by atoms with Gasteiger partial charge in [0.05, 0.1) is 11.6 Å². The Labute approximate surface area is 108 Å². The number of thiophene rings is 1. The van der Waals surface area contributed by atoms with Crippen LogP contribution in [0.2, 0.25) is 0 Å². The van der Waals surface area contributed by atoms with Crippen LogP contribution in [-0.2, 0) is 4.74 Å². The van der Waals surface area contributed by atoms with Gasteiger partial charge in [0.1, 0.15) is 0 Å². The van der Waals surface area contributed by atoms with Crippen molar-refractivity contribution in [3.63, 3.8) is 0 Å². The molecule has 1 unspecified atom stereocenters. The molecule has 2 N–H and O–H groups in total. The maximum absolute atomic E-state index is 6.52. The molecule has 0 bridgehead atoms. The molecule has 1 aromatic rings. The summed E-state index contributed by atoms with van der Waals surface area (Å²) in [5, 5.41) is 2.13. The van der Waals surface area contributed by atoms with Gasteiger partial charge in [-0.05, 0) is 43.7 Å². The van der Waals surface area contributed by atoms with Gasteiger partial charge in [-0.1, -0.05) is 19.3 Å². The van der Waals surface area contributed by atoms with Crippen LogP contribution in [0.5, 0.6) is 0 Å². The van der Waals surface area contributed by atoms with Gasteiger partial charge in [0.15, 0.2) is 0 Å². The lowest BCUT2D eigenvalue weighted by atomic mass is 9.77. The summed E-state index contributed by atoms with van der Waals surface area (Å²) in [4.78, 5) is 1.34. The smallest absolute Gasteiger partial charge is 0.0874 e. The molecule has 0 aliphatic heterocycles. The molecule has 1 atom stereocenters. The van der Waals surface area contributed by atoms with Crippen LogP contribution < -0.4 is 5.73 Å². The summed E-state index contributed by atoms with van der Waals surface area (Å²) in [7, 11) is 0. The van der Waals surface area contributed by atoms with Crippen molar-refractivity contribution < 1.29 is 4.74 Å². The van der Waals surface area contributed by atoms with Gasteiger partial charge in [0.25, 0.3) is 0 Å². The highest BCUT2D eigenvalue weighted by molar-refractivity contribution is 7.10. The Hall–Kier alpha value is -0.380. The molecule has 0 aromatic carbocycles. The predicted octanol–water partition coefficient (Wildman–Crippen LogP) is 3.80. The lowest BCUT2D eigenvalue weighted by molar-refractivity contribution is -0.0831. The molecule has 1 fully saturated rings. The van der Waals surface area contributed by atoms with Crippen molar-refractivity contribution in [3.8, 4) is 0 Å². The van der Waals surface area contributed by atoms with Crippen LogP contribution in [0.1, 0.15) is 55.5 Å². The number of hydrogen-bond donors (Lipinski definition) is 1. The fourth-order valence-corrected chi connectivity index (χ4v) is 3.73. The summed E-state index contributed by atoms with van der Waals surface area (Å²) < 4.78 is 6.09. The largest absolute Gasteiger partial charge is 0.373 e. The predicted molar refractivity (Wildman–Crippen MR) is 73.4 cm³/mol. The summed E-state index contributed by atoms with van der Waals surface area (Å²) >= 11 is 1.78. The monoisotopic (exact) mass is 253 g/mol. The summed E-state index contributed by atoms with van der Waals surface area (Å²) in [5.74, 6) is 0. The van der Waals surface area contributed by atoms with E-state index in [0.29, 0.717) is 0 Å². The first-order valence-corrected chi connectivity index (χ1v) is 7.51. The van der Waals surface area contributed by atoms with Crippen molar-refractivity contribution in [2.24, 2.45) is 5.73 Å². The zero-order valence-corrected chi connectivity index (χ0v) is 11.7. The molecule has 0 spiro atoms. The molecule has 1 heterocycles. The first-order valence-electron chi connectivity index (χ1n) is 6.63. The van der Waals surface area contributed by atoms with E-state index in [1.807, 2.05) is 0 Å². The molecule has 0 saturated heterocycles. The molecule has 0 radical (unpaired) electrons. The summed E-state index contributed by atoms with van der Waals surface area (Å²) in [6, 6.07) is 2.20. The SMILES string of the molecule is CCOC1(C(N)c2ccsc2C)CCCCC1. The minimum absolute atomic E-state index is 0.0361. The van der Waals surface area contributed by atoms with E-state index in [1.54, 1.807) is 11.3 Å². The van der Waals surface area contributed by atoms with Crippen molar-refractivity contribution >= 4 is 11.3 Å². The molecule has 2 nitrogen and oxygen atoms in total. The zero-order valence-electron chi connectivity index (χ0n) is 10.9. The van der Waals surface area contributed by atoms with Crippen molar-refractivity contribution in [2.45, 2.75) is 57.6 Å². The molecule has 0 amide bonds. The van der Waals surface area contributed by atoms with E-state index in [1.165, 1.54) is 29.7 Å². The van der Waals surface area contributed by atoms with Crippen LogP contribution in [0.4, 0.5) is 0 Å². The Balaban J connectivity index is 2.23. The number of aryl methyl sites for hydroxylation is 1. The Morgan fingerprint density at radius 2 is 2.12 bits per heavy atom. The van der Waals surface area contributed by atoms with Gasteiger partial charge in [-0.15, -0.1) is 11.3 Å². The Kier molecular flexibility index (Phi) is 4.23. The second-order valence-electron chi connectivity index (χ2n) is 4.97. The molecule has 3 heteroatoms. The molecule has 1 aliphatic carbocycles. The van der Waals surface area contributed by atoms with E-state index in [2.05, 4.69) is 25.3 Å². The average molecular weight is 253 g/mol. The van der Waals surface area contributed by atoms with E-state index in [4.69, 9.17) is 10.5 Å². The molecule has 96 valence electrons. The molecule has 1 aliphatic rings. The molecular formula is C14H23NOS. The summed E-state index contributed by atoms with van der Waals surface area (Å²) in [6.45, 7) is 4.99. The third-order valence-corrected chi connectivity index (χ3v) is 4.79. The van der Waals surface area contributed by atoms with Gasteiger partial charge in [-0.2, -0.15) is 0 Å². The average Bonchev–Trinajstić information content (AvgIpc) is 2.76. The van der Waals surface area contributed by atoms with Gasteiger partial charge >= 0.3 is 0 Å². The molecule has 17 heavy (non-hydrogen) atoms. The van der Waals surface area contributed by atoms with E-state index in [0.717, 1.165) is 19.4 Å². The van der Waals surface area contributed by atoms with Crippen LogP contribution in [0.25, 0.3) is 0 Å². The highest BCUT2D eigenvalue weighted by Crippen LogP contribution is 2.41. The van der Waals surface area contributed by atoms with E-state index < -0.39 is 0 Å². The van der Waals surface area contributed by atoms with E-state index in [9.17, 15) is 0 Å². The lowest BCUT2D eigenvalue weighted by Crippen LogP contribution is -2.45. The number of ether oxygens (including phenoxy) is 1. The highest BCUT2D eigenvalue weighted by atomic mass is 32.1. The summed E-state index contributed by atoms with van der Waals surface area (Å²) in [6.07, 6.45) is 6.03. The minimum Gasteiger partial charge on any atom is -0.373 e. The van der Waals surface area contributed by atoms with Crippen LogP contribution in [0, 0.1) is 6.92 Å². The second kappa shape index (κ2) is 5.51. The fraction of sp³-hybridized carbons (Fsp3) is 0.714. The Bertz CT molecular complexity index is 349. The van der Waals surface area contributed by atoms with Gasteiger partial charge < -0.3 is 10.5 Å². The van der Waals surface area contributed by atoms with Crippen molar-refractivity contribution in [2.75, 3.05) is 6.61 Å². The van der Waals surface area contributed by atoms with Crippen LogP contribution in [0.15, 0.2) is 11.4 Å². The van der Waals surface area contributed by atoms with E-state index in [-0.39, 0.29) is 11.6 Å². The molecule has 1 saturated carbocycles. The van der Waals surface area contributed by atoms with Crippen LogP contribution in [-0.4, -0.2) is 12.2 Å². The maximum atomic E-state index is 6.52. The zero-order chi connectivity index (χ0) is 12.3. The number of hydrogen-bond acceptors (Lipinski definition) is 3. The van der Waals surface area contributed by atoms with E-state index >= 15 is 0 Å². The standard InChI is InChI=1S/C14H23NOS/c1-3-16-14(8-5-4-6-9-14)13(15)12-7-10-17-11(12)2/h7,10,13H,3-6,8-9,15H2,1-2H3. The number of rotatable bonds is 4. The quantitative estimate of drug-likeness (QED) is 0.886.